The van der Waals surface area contributed by atoms with E-state index < -0.39 is 0 Å². The number of hydrogen-bond donors (Lipinski definition) is 0. The Kier molecular flexibility index (Phi) is 3.64. The van der Waals surface area contributed by atoms with Crippen LogP contribution in [0.2, 0.25) is 5.15 Å². The van der Waals surface area contributed by atoms with E-state index >= 15 is 0 Å². The lowest BCUT2D eigenvalue weighted by Crippen LogP contribution is -2.17. The predicted molar refractivity (Wildman–Crippen MR) is 72.5 cm³/mol. The lowest BCUT2D eigenvalue weighted by Gasteiger charge is -2.18. The molecule has 0 aliphatic carbocycles. The third-order valence-electron chi connectivity index (χ3n) is 2.58. The maximum absolute atomic E-state index is 5.96. The summed E-state index contributed by atoms with van der Waals surface area (Å²) in [4.78, 5) is 6.41. The first-order valence-corrected chi connectivity index (χ1v) is 5.92. The van der Waals surface area contributed by atoms with Crippen LogP contribution in [0, 0.1) is 6.92 Å². The van der Waals surface area contributed by atoms with Crippen molar-refractivity contribution in [3.63, 3.8) is 0 Å². The summed E-state index contributed by atoms with van der Waals surface area (Å²) >= 11 is 5.96. The molecule has 0 radical (unpaired) electrons. The van der Waals surface area contributed by atoms with Crippen molar-refractivity contribution in [2.45, 2.75) is 13.5 Å². The predicted octanol–water partition coefficient (Wildman–Crippen LogP) is 3.68. The molecule has 3 heteroatoms. The van der Waals surface area contributed by atoms with E-state index in [2.05, 4.69) is 22.0 Å². The van der Waals surface area contributed by atoms with Gasteiger partial charge in [-0.15, -0.1) is 0 Å². The molecule has 0 bridgehead atoms. The van der Waals surface area contributed by atoms with Crippen LogP contribution in [0.4, 0.5) is 5.82 Å². The monoisotopic (exact) mass is 246 g/mol. The first kappa shape index (κ1) is 11.9. The molecule has 0 fully saturated rings. The minimum absolute atomic E-state index is 0.542. The number of benzene rings is 1. The van der Waals surface area contributed by atoms with Gasteiger partial charge in [-0.25, -0.2) is 4.98 Å². The van der Waals surface area contributed by atoms with E-state index in [1.54, 1.807) is 0 Å². The number of anilines is 1. The molecule has 88 valence electrons. The Morgan fingerprint density at radius 3 is 2.53 bits per heavy atom. The van der Waals surface area contributed by atoms with Gasteiger partial charge in [-0.05, 0) is 30.2 Å². The second kappa shape index (κ2) is 5.19. The van der Waals surface area contributed by atoms with Crippen molar-refractivity contribution >= 4 is 17.4 Å². The quantitative estimate of drug-likeness (QED) is 0.768. The van der Waals surface area contributed by atoms with Crippen molar-refractivity contribution in [3.05, 3.63) is 58.7 Å². The van der Waals surface area contributed by atoms with Crippen molar-refractivity contribution in [3.8, 4) is 0 Å². The van der Waals surface area contributed by atoms with Crippen LogP contribution in [0.15, 0.2) is 42.5 Å². The largest absolute Gasteiger partial charge is 0.355 e. The van der Waals surface area contributed by atoms with Crippen LogP contribution in [-0.2, 0) is 6.54 Å². The van der Waals surface area contributed by atoms with Gasteiger partial charge in [-0.3, -0.25) is 0 Å². The van der Waals surface area contributed by atoms with Gasteiger partial charge in [-0.2, -0.15) is 0 Å². The number of halogens is 1. The molecule has 1 aromatic carbocycles. The fraction of sp³-hybridized carbons (Fsp3) is 0.214. The normalized spacial score (nSPS) is 10.3. The summed E-state index contributed by atoms with van der Waals surface area (Å²) in [5.41, 5.74) is 2.38. The molecule has 0 saturated heterocycles. The first-order chi connectivity index (χ1) is 8.15. The van der Waals surface area contributed by atoms with Crippen molar-refractivity contribution in [1.29, 1.82) is 0 Å². The molecule has 0 aliphatic heterocycles. The van der Waals surface area contributed by atoms with Gasteiger partial charge in [0.25, 0.3) is 0 Å². The average Bonchev–Trinajstić information content (AvgIpc) is 2.29. The summed E-state index contributed by atoms with van der Waals surface area (Å²) in [6.45, 7) is 2.85. The smallest absolute Gasteiger partial charge is 0.131 e. The lowest BCUT2D eigenvalue weighted by atomic mass is 10.2. The SMILES string of the molecule is Cc1cc(Cl)nc(N(C)Cc2ccccc2)c1. The molecule has 0 atom stereocenters. The maximum Gasteiger partial charge on any atom is 0.131 e. The van der Waals surface area contributed by atoms with Crippen LogP contribution in [0.5, 0.6) is 0 Å². The van der Waals surface area contributed by atoms with Gasteiger partial charge in [0.15, 0.2) is 0 Å². The highest BCUT2D eigenvalue weighted by atomic mass is 35.5. The van der Waals surface area contributed by atoms with E-state index in [4.69, 9.17) is 11.6 Å². The molecular weight excluding hydrogens is 232 g/mol. The summed E-state index contributed by atoms with van der Waals surface area (Å²) in [6.07, 6.45) is 0. The minimum atomic E-state index is 0.542. The molecule has 0 unspecified atom stereocenters. The average molecular weight is 247 g/mol. The molecule has 1 aromatic heterocycles. The van der Waals surface area contributed by atoms with Crippen LogP contribution in [0.3, 0.4) is 0 Å². The van der Waals surface area contributed by atoms with Gasteiger partial charge in [0.05, 0.1) is 0 Å². The Labute approximate surface area is 107 Å². The molecule has 1 heterocycles. The zero-order chi connectivity index (χ0) is 12.3. The maximum atomic E-state index is 5.96. The Bertz CT molecular complexity index is 477. The van der Waals surface area contributed by atoms with Crippen molar-refractivity contribution in [2.75, 3.05) is 11.9 Å². The molecule has 0 aliphatic rings. The molecule has 2 rings (SSSR count). The first-order valence-electron chi connectivity index (χ1n) is 5.54. The lowest BCUT2D eigenvalue weighted by molar-refractivity contribution is 0.896. The van der Waals surface area contributed by atoms with Crippen LogP contribution in [0.25, 0.3) is 0 Å². The highest BCUT2D eigenvalue weighted by Gasteiger charge is 2.05. The molecule has 2 nitrogen and oxygen atoms in total. The van der Waals surface area contributed by atoms with E-state index in [0.717, 1.165) is 17.9 Å². The van der Waals surface area contributed by atoms with Crippen LogP contribution in [0.1, 0.15) is 11.1 Å². The van der Waals surface area contributed by atoms with Gasteiger partial charge in [-0.1, -0.05) is 41.9 Å². The fourth-order valence-electron chi connectivity index (χ4n) is 1.74. The van der Waals surface area contributed by atoms with E-state index in [1.165, 1.54) is 5.56 Å². The van der Waals surface area contributed by atoms with Crippen molar-refractivity contribution in [2.24, 2.45) is 0 Å². The highest BCUT2D eigenvalue weighted by Crippen LogP contribution is 2.18. The van der Waals surface area contributed by atoms with Gasteiger partial charge >= 0.3 is 0 Å². The Morgan fingerprint density at radius 1 is 1.18 bits per heavy atom. The molecular formula is C14H15ClN2. The molecule has 0 spiro atoms. The van der Waals surface area contributed by atoms with E-state index in [9.17, 15) is 0 Å². The van der Waals surface area contributed by atoms with Crippen molar-refractivity contribution in [1.82, 2.24) is 4.98 Å². The summed E-state index contributed by atoms with van der Waals surface area (Å²) in [5.74, 6) is 0.902. The second-order valence-electron chi connectivity index (χ2n) is 4.17. The van der Waals surface area contributed by atoms with Gasteiger partial charge in [0.1, 0.15) is 11.0 Å². The molecule has 0 amide bonds. The summed E-state index contributed by atoms with van der Waals surface area (Å²) < 4.78 is 0. The molecule has 0 N–H and O–H groups in total. The standard InChI is InChI=1S/C14H15ClN2/c1-11-8-13(15)16-14(9-11)17(2)10-12-6-4-3-5-7-12/h3-9H,10H2,1-2H3. The van der Waals surface area contributed by atoms with E-state index in [1.807, 2.05) is 44.3 Å². The Balaban J connectivity index is 2.17. The zero-order valence-electron chi connectivity index (χ0n) is 10.0. The third-order valence-corrected chi connectivity index (χ3v) is 2.77. The van der Waals surface area contributed by atoms with Gasteiger partial charge in [0, 0.05) is 13.6 Å². The van der Waals surface area contributed by atoms with Crippen LogP contribution >= 0.6 is 11.6 Å². The van der Waals surface area contributed by atoms with E-state index in [0.29, 0.717) is 5.15 Å². The molecule has 17 heavy (non-hydrogen) atoms. The molecule has 0 saturated carbocycles. The van der Waals surface area contributed by atoms with Crippen LogP contribution in [-0.4, -0.2) is 12.0 Å². The summed E-state index contributed by atoms with van der Waals surface area (Å²) in [5, 5.41) is 0.542. The van der Waals surface area contributed by atoms with Gasteiger partial charge in [0.2, 0.25) is 0 Å². The Morgan fingerprint density at radius 2 is 1.88 bits per heavy atom. The summed E-state index contributed by atoms with van der Waals surface area (Å²) in [7, 11) is 2.02. The third kappa shape index (κ3) is 3.21. The number of nitrogens with zero attached hydrogens (tertiary/aromatic N) is 2. The van der Waals surface area contributed by atoms with E-state index in [-0.39, 0.29) is 0 Å². The van der Waals surface area contributed by atoms with Crippen molar-refractivity contribution < 1.29 is 0 Å². The number of pyridine rings is 1. The second-order valence-corrected chi connectivity index (χ2v) is 4.55. The van der Waals surface area contributed by atoms with Gasteiger partial charge < -0.3 is 4.90 Å². The highest BCUT2D eigenvalue weighted by molar-refractivity contribution is 6.29. The fourth-order valence-corrected chi connectivity index (χ4v) is 2.00. The summed E-state index contributed by atoms with van der Waals surface area (Å²) in [6, 6.07) is 14.2. The number of rotatable bonds is 3. The number of aromatic nitrogens is 1. The number of aryl methyl sites for hydroxylation is 1. The zero-order valence-corrected chi connectivity index (χ0v) is 10.8. The molecule has 2 aromatic rings. The number of hydrogen-bond acceptors (Lipinski definition) is 2. The topological polar surface area (TPSA) is 16.1 Å². The van der Waals surface area contributed by atoms with Crippen LogP contribution < -0.4 is 4.90 Å². The Hall–Kier alpha value is -1.54. The minimum Gasteiger partial charge on any atom is -0.355 e.